The fourth-order valence-electron chi connectivity index (χ4n) is 10.6. The molecule has 0 atom stereocenters. The number of hydrogen-bond acceptors (Lipinski definition) is 2. The van der Waals surface area contributed by atoms with Gasteiger partial charge in [-0.1, -0.05) is 161 Å². The maximum atomic E-state index is 6.16. The lowest BCUT2D eigenvalue weighted by atomic mass is 9.82. The average molecular weight is 796 g/mol. The minimum absolute atomic E-state index is 0.0310. The highest BCUT2D eigenvalue weighted by atomic mass is 16.3. The molecule has 1 heterocycles. The van der Waals surface area contributed by atoms with Crippen LogP contribution in [0.25, 0.3) is 77.6 Å². The first-order chi connectivity index (χ1) is 30.2. The van der Waals surface area contributed by atoms with E-state index in [1.54, 1.807) is 0 Å². The fraction of sp³-hybridized carbons (Fsp3) is 0.100. The van der Waals surface area contributed by atoms with Gasteiger partial charge in [-0.25, -0.2) is 0 Å². The minimum atomic E-state index is -0.0310. The van der Waals surface area contributed by atoms with Crippen LogP contribution in [0.5, 0.6) is 0 Å². The van der Waals surface area contributed by atoms with Crippen LogP contribution in [0.2, 0.25) is 0 Å². The molecule has 0 spiro atoms. The maximum absolute atomic E-state index is 6.16. The zero-order chi connectivity index (χ0) is 41.7. The molecular formula is C60H45NO. The molecule has 0 unspecified atom stereocenters. The van der Waals surface area contributed by atoms with E-state index in [1.807, 2.05) is 12.1 Å². The zero-order valence-corrected chi connectivity index (χ0v) is 35.4. The highest BCUT2D eigenvalue weighted by molar-refractivity contribution is 6.06. The first-order valence-corrected chi connectivity index (χ1v) is 21.7. The van der Waals surface area contributed by atoms with E-state index in [0.717, 1.165) is 50.1 Å². The summed E-state index contributed by atoms with van der Waals surface area (Å²) in [5, 5.41) is 2.27. The number of rotatable bonds is 6. The van der Waals surface area contributed by atoms with Crippen molar-refractivity contribution in [3.63, 3.8) is 0 Å². The van der Waals surface area contributed by atoms with Crippen LogP contribution >= 0.6 is 0 Å². The summed E-state index contributed by atoms with van der Waals surface area (Å²) < 4.78 is 6.16. The van der Waals surface area contributed by atoms with Crippen LogP contribution in [0.15, 0.2) is 205 Å². The summed E-state index contributed by atoms with van der Waals surface area (Å²) in [6.45, 7) is 9.37. The van der Waals surface area contributed by atoms with Crippen molar-refractivity contribution in [1.29, 1.82) is 0 Å². The van der Waals surface area contributed by atoms with Gasteiger partial charge >= 0.3 is 0 Å². The summed E-state index contributed by atoms with van der Waals surface area (Å²) in [7, 11) is 0. The van der Waals surface area contributed by atoms with Crippen molar-refractivity contribution >= 4 is 39.0 Å². The van der Waals surface area contributed by atoms with Gasteiger partial charge in [-0.3, -0.25) is 0 Å². The normalized spacial score (nSPS) is 14.1. The van der Waals surface area contributed by atoms with Crippen molar-refractivity contribution in [2.75, 3.05) is 4.90 Å². The Balaban J connectivity index is 0.969. The molecule has 0 aliphatic heterocycles. The quantitative estimate of drug-likeness (QED) is 0.167. The summed E-state index contributed by atoms with van der Waals surface area (Å²) in [6.07, 6.45) is 0. The van der Waals surface area contributed by atoms with E-state index in [1.165, 1.54) is 66.8 Å². The molecule has 62 heavy (non-hydrogen) atoms. The Labute approximate surface area is 363 Å². The molecule has 296 valence electrons. The molecule has 0 saturated heterocycles. The topological polar surface area (TPSA) is 16.4 Å². The molecule has 0 N–H and O–H groups in total. The molecule has 12 rings (SSSR count). The maximum Gasteiger partial charge on any atom is 0.135 e. The molecule has 0 bridgehead atoms. The van der Waals surface area contributed by atoms with Gasteiger partial charge in [0.05, 0.1) is 0 Å². The predicted octanol–water partition coefficient (Wildman–Crippen LogP) is 16.7. The first-order valence-electron chi connectivity index (χ1n) is 21.7. The van der Waals surface area contributed by atoms with E-state index in [-0.39, 0.29) is 10.8 Å². The molecule has 0 fully saturated rings. The standard InChI is InChI=1S/C60H45NO/c1-59(2)53-20-8-5-17-47(53)50-35-42(25-30-55(50)59)39-13-11-15-45(33-39)61(44-28-23-38(24-29-44)41-27-32-58-52(37-41)49-19-7-10-22-57(49)62-58)46-16-12-14-40(34-46)43-26-31-56-51(36-43)48-18-6-9-21-54(48)60(56,3)4/h5-37H,1-4H3. The Bertz CT molecular complexity index is 3270. The van der Waals surface area contributed by atoms with Crippen LogP contribution in [0.4, 0.5) is 17.1 Å². The van der Waals surface area contributed by atoms with Crippen LogP contribution in [0, 0.1) is 0 Å². The number of furan rings is 1. The van der Waals surface area contributed by atoms with Gasteiger partial charge in [0.15, 0.2) is 0 Å². The van der Waals surface area contributed by atoms with Gasteiger partial charge in [-0.15, -0.1) is 0 Å². The van der Waals surface area contributed by atoms with Crippen LogP contribution in [0.1, 0.15) is 49.9 Å². The number of benzene rings is 9. The van der Waals surface area contributed by atoms with Gasteiger partial charge in [0, 0.05) is 38.7 Å². The Morgan fingerprint density at radius 2 is 0.758 bits per heavy atom. The lowest BCUT2D eigenvalue weighted by molar-refractivity contribution is 0.660. The molecular weight excluding hydrogens is 751 g/mol. The molecule has 2 aliphatic rings. The largest absolute Gasteiger partial charge is 0.456 e. The Kier molecular flexibility index (Phi) is 7.96. The number of anilines is 3. The third-order valence-electron chi connectivity index (χ3n) is 13.9. The molecule has 0 amide bonds. The highest BCUT2D eigenvalue weighted by Crippen LogP contribution is 2.51. The lowest BCUT2D eigenvalue weighted by Gasteiger charge is -2.27. The van der Waals surface area contributed by atoms with Crippen LogP contribution in [-0.4, -0.2) is 0 Å². The van der Waals surface area contributed by atoms with Crippen LogP contribution in [0.3, 0.4) is 0 Å². The Morgan fingerprint density at radius 3 is 1.35 bits per heavy atom. The van der Waals surface area contributed by atoms with Crippen molar-refractivity contribution in [2.24, 2.45) is 0 Å². The molecule has 2 aliphatic carbocycles. The van der Waals surface area contributed by atoms with E-state index in [4.69, 9.17) is 4.42 Å². The zero-order valence-electron chi connectivity index (χ0n) is 35.4. The monoisotopic (exact) mass is 795 g/mol. The second-order valence-corrected chi connectivity index (χ2v) is 18.2. The van der Waals surface area contributed by atoms with Gasteiger partial charge in [-0.05, 0) is 145 Å². The van der Waals surface area contributed by atoms with E-state index >= 15 is 0 Å². The Hall–Kier alpha value is -7.42. The summed E-state index contributed by atoms with van der Waals surface area (Å²) in [4.78, 5) is 2.40. The molecule has 1 aromatic heterocycles. The summed E-state index contributed by atoms with van der Waals surface area (Å²) in [6, 6.07) is 73.7. The van der Waals surface area contributed by atoms with Gasteiger partial charge in [0.2, 0.25) is 0 Å². The van der Waals surface area contributed by atoms with Crippen LogP contribution in [-0.2, 0) is 10.8 Å². The SMILES string of the molecule is CC1(C)c2ccccc2-c2cc(-c3cccc(N(c4ccc(-c5ccc6oc7ccccc7c6c5)cc4)c4cccc(-c5ccc6c(c5)-c5ccccc5C6(C)C)c4)c3)ccc21. The minimum Gasteiger partial charge on any atom is -0.456 e. The van der Waals surface area contributed by atoms with Gasteiger partial charge in [-0.2, -0.15) is 0 Å². The number of fused-ring (bicyclic) bond motifs is 9. The third kappa shape index (κ3) is 5.56. The molecule has 2 heteroatoms. The average Bonchev–Trinajstić information content (AvgIpc) is 3.88. The van der Waals surface area contributed by atoms with Crippen molar-refractivity contribution in [3.8, 4) is 55.6 Å². The van der Waals surface area contributed by atoms with Crippen molar-refractivity contribution < 1.29 is 4.42 Å². The summed E-state index contributed by atoms with van der Waals surface area (Å²) in [5.74, 6) is 0. The van der Waals surface area contributed by atoms with Crippen LogP contribution < -0.4 is 4.90 Å². The van der Waals surface area contributed by atoms with Gasteiger partial charge < -0.3 is 9.32 Å². The smallest absolute Gasteiger partial charge is 0.135 e. The molecule has 0 radical (unpaired) electrons. The third-order valence-corrected chi connectivity index (χ3v) is 13.9. The van der Waals surface area contributed by atoms with E-state index in [9.17, 15) is 0 Å². The molecule has 0 saturated carbocycles. The predicted molar refractivity (Wildman–Crippen MR) is 260 cm³/mol. The van der Waals surface area contributed by atoms with Gasteiger partial charge in [0.25, 0.3) is 0 Å². The first kappa shape index (κ1) is 36.4. The Morgan fingerprint density at radius 1 is 0.306 bits per heavy atom. The second-order valence-electron chi connectivity index (χ2n) is 18.2. The van der Waals surface area contributed by atoms with E-state index < -0.39 is 0 Å². The van der Waals surface area contributed by atoms with Gasteiger partial charge in [0.1, 0.15) is 11.2 Å². The molecule has 10 aromatic rings. The summed E-state index contributed by atoms with van der Waals surface area (Å²) in [5.41, 5.74) is 23.1. The summed E-state index contributed by atoms with van der Waals surface area (Å²) >= 11 is 0. The lowest BCUT2D eigenvalue weighted by Crippen LogP contribution is -2.14. The van der Waals surface area contributed by atoms with Crippen molar-refractivity contribution in [2.45, 2.75) is 38.5 Å². The number of hydrogen-bond donors (Lipinski definition) is 0. The number of para-hydroxylation sites is 1. The van der Waals surface area contributed by atoms with E-state index in [2.05, 4.69) is 221 Å². The molecule has 2 nitrogen and oxygen atoms in total. The molecule has 9 aromatic carbocycles. The highest BCUT2D eigenvalue weighted by Gasteiger charge is 2.36. The second kappa shape index (κ2) is 13.5. The number of nitrogens with zero attached hydrogens (tertiary/aromatic N) is 1. The van der Waals surface area contributed by atoms with E-state index in [0.29, 0.717) is 0 Å². The van der Waals surface area contributed by atoms with Crippen molar-refractivity contribution in [1.82, 2.24) is 0 Å². The fourth-order valence-corrected chi connectivity index (χ4v) is 10.6. The van der Waals surface area contributed by atoms with Crippen molar-refractivity contribution in [3.05, 3.63) is 222 Å².